The third-order valence-electron chi connectivity index (χ3n) is 6.35. The number of rotatable bonds is 9. The zero-order valence-electron chi connectivity index (χ0n) is 17.6. The normalized spacial score (nSPS) is 21.3. The Balaban J connectivity index is 2.38. The van der Waals surface area contributed by atoms with Crippen LogP contribution in [-0.4, -0.2) is 55.3 Å². The summed E-state index contributed by atoms with van der Waals surface area (Å²) in [5.41, 5.74) is 4.04. The van der Waals surface area contributed by atoms with E-state index in [1.807, 2.05) is 0 Å². The Morgan fingerprint density at radius 2 is 1.52 bits per heavy atom. The van der Waals surface area contributed by atoms with Crippen molar-refractivity contribution >= 4 is 27.6 Å². The van der Waals surface area contributed by atoms with Crippen LogP contribution in [0.2, 0.25) is 0 Å². The highest BCUT2D eigenvalue weighted by Gasteiger charge is 2.48. The van der Waals surface area contributed by atoms with Gasteiger partial charge >= 0.3 is 0 Å². The Morgan fingerprint density at radius 3 is 2.00 bits per heavy atom. The Labute approximate surface area is 174 Å². The highest BCUT2D eigenvalue weighted by atomic mass is 32.2. The van der Waals surface area contributed by atoms with Gasteiger partial charge in [-0.2, -0.15) is 0 Å². The van der Waals surface area contributed by atoms with E-state index in [0.717, 1.165) is 70.5 Å². The molecule has 1 atom stereocenters. The van der Waals surface area contributed by atoms with Gasteiger partial charge in [0.1, 0.15) is 5.54 Å². The van der Waals surface area contributed by atoms with Gasteiger partial charge in [-0.15, -0.1) is 0 Å². The summed E-state index contributed by atoms with van der Waals surface area (Å²) < 4.78 is 25.3. The van der Waals surface area contributed by atoms with Crippen molar-refractivity contribution in [3.05, 3.63) is 0 Å². The molecular weight excluding hydrogens is 394 g/mol. The molecule has 0 aliphatic heterocycles. The standard InChI is InChI=1S/C20H35N3O5S/c1-20(18(25)19(21)26,13-15-9-5-3-6-10-15)23(16-11-7-4-8-12-16)17(24)14-22-29(2,27)28/h15-16,22H,3-14H2,1-2H3,(H2,21,26). The van der Waals surface area contributed by atoms with Crippen LogP contribution in [-0.2, 0) is 24.4 Å². The van der Waals surface area contributed by atoms with E-state index in [-0.39, 0.29) is 12.0 Å². The molecule has 0 spiro atoms. The van der Waals surface area contributed by atoms with Crippen molar-refractivity contribution in [1.29, 1.82) is 0 Å². The first-order chi connectivity index (χ1) is 13.5. The van der Waals surface area contributed by atoms with E-state index in [2.05, 4.69) is 4.72 Å². The van der Waals surface area contributed by atoms with Gasteiger partial charge in [0.05, 0.1) is 12.8 Å². The molecular formula is C20H35N3O5S. The quantitative estimate of drug-likeness (QED) is 0.537. The molecule has 2 amide bonds. The third-order valence-corrected chi connectivity index (χ3v) is 7.02. The second-order valence-corrected chi connectivity index (χ2v) is 10.7. The number of nitrogens with zero attached hydrogens (tertiary/aromatic N) is 1. The van der Waals surface area contributed by atoms with E-state index < -0.39 is 39.7 Å². The number of ketones is 1. The highest BCUT2D eigenvalue weighted by molar-refractivity contribution is 7.88. The molecule has 2 aliphatic carbocycles. The van der Waals surface area contributed by atoms with Crippen molar-refractivity contribution in [3.8, 4) is 0 Å². The summed E-state index contributed by atoms with van der Waals surface area (Å²) in [5.74, 6) is -2.05. The minimum Gasteiger partial charge on any atom is -0.363 e. The van der Waals surface area contributed by atoms with Gasteiger partial charge in [0.25, 0.3) is 5.91 Å². The second-order valence-electron chi connectivity index (χ2n) is 8.82. The lowest BCUT2D eigenvalue weighted by Crippen LogP contribution is -2.64. The molecule has 29 heavy (non-hydrogen) atoms. The minimum absolute atomic E-state index is 0.200. The summed E-state index contributed by atoms with van der Waals surface area (Å²) in [6.07, 6.45) is 11.0. The summed E-state index contributed by atoms with van der Waals surface area (Å²) in [6.45, 7) is 1.21. The summed E-state index contributed by atoms with van der Waals surface area (Å²) in [4.78, 5) is 39.7. The number of carbonyl (C=O) groups excluding carboxylic acids is 3. The lowest BCUT2D eigenvalue weighted by atomic mass is 9.75. The van der Waals surface area contributed by atoms with Crippen LogP contribution in [0.5, 0.6) is 0 Å². The second kappa shape index (κ2) is 10.0. The van der Waals surface area contributed by atoms with Crippen LogP contribution in [0.4, 0.5) is 0 Å². The first-order valence-electron chi connectivity index (χ1n) is 10.7. The Kier molecular flexibility index (Phi) is 8.22. The van der Waals surface area contributed by atoms with E-state index in [4.69, 9.17) is 5.73 Å². The number of hydrogen-bond acceptors (Lipinski definition) is 5. The number of nitrogens with two attached hydrogens (primary N) is 1. The Bertz CT molecular complexity index is 712. The molecule has 0 bridgehead atoms. The van der Waals surface area contributed by atoms with Crippen LogP contribution in [0.15, 0.2) is 0 Å². The van der Waals surface area contributed by atoms with Gasteiger partial charge in [-0.05, 0) is 32.1 Å². The maximum atomic E-state index is 13.2. The molecule has 9 heteroatoms. The average Bonchev–Trinajstić information content (AvgIpc) is 2.67. The van der Waals surface area contributed by atoms with Crippen molar-refractivity contribution in [2.45, 2.75) is 89.1 Å². The minimum atomic E-state index is -3.57. The fourth-order valence-corrected chi connectivity index (χ4v) is 5.40. The fraction of sp³-hybridized carbons (Fsp3) is 0.850. The summed E-state index contributed by atoms with van der Waals surface area (Å²) in [6, 6.07) is -0.200. The maximum Gasteiger partial charge on any atom is 0.287 e. The molecule has 2 aliphatic rings. The van der Waals surface area contributed by atoms with Crippen molar-refractivity contribution in [2.24, 2.45) is 11.7 Å². The summed E-state index contributed by atoms with van der Waals surface area (Å²) in [7, 11) is -3.57. The molecule has 2 rings (SSSR count). The molecule has 166 valence electrons. The van der Waals surface area contributed by atoms with Crippen LogP contribution in [0.3, 0.4) is 0 Å². The predicted octanol–water partition coefficient (Wildman–Crippen LogP) is 1.48. The number of carbonyl (C=O) groups is 3. The van der Waals surface area contributed by atoms with Crippen LogP contribution in [0.25, 0.3) is 0 Å². The SMILES string of the molecule is CC(CC1CCCCC1)(C(=O)C(N)=O)N(C(=O)CNS(C)(=O)=O)C1CCCCC1. The van der Waals surface area contributed by atoms with Crippen molar-refractivity contribution in [2.75, 3.05) is 12.8 Å². The molecule has 0 radical (unpaired) electrons. The van der Waals surface area contributed by atoms with Crippen molar-refractivity contribution in [1.82, 2.24) is 9.62 Å². The smallest absolute Gasteiger partial charge is 0.287 e. The maximum absolute atomic E-state index is 13.2. The molecule has 0 aromatic rings. The molecule has 2 fully saturated rings. The van der Waals surface area contributed by atoms with Crippen LogP contribution >= 0.6 is 0 Å². The molecule has 0 aromatic heterocycles. The van der Waals surface area contributed by atoms with Gasteiger partial charge in [0.15, 0.2) is 0 Å². The first kappa shape index (κ1) is 23.8. The van der Waals surface area contributed by atoms with E-state index in [1.54, 1.807) is 6.92 Å². The first-order valence-corrected chi connectivity index (χ1v) is 12.5. The number of nitrogens with one attached hydrogen (secondary N) is 1. The highest BCUT2D eigenvalue weighted by Crippen LogP contribution is 2.37. The lowest BCUT2D eigenvalue weighted by Gasteiger charge is -2.47. The van der Waals surface area contributed by atoms with Gasteiger partial charge < -0.3 is 10.6 Å². The largest absolute Gasteiger partial charge is 0.363 e. The molecule has 1 unspecified atom stereocenters. The zero-order chi connectivity index (χ0) is 21.7. The fourth-order valence-electron chi connectivity index (χ4n) is 5.02. The Hall–Kier alpha value is -1.48. The molecule has 0 heterocycles. The number of Topliss-reactive ketones (excluding diaryl/α,β-unsaturated/α-hetero) is 1. The number of sulfonamides is 1. The van der Waals surface area contributed by atoms with Gasteiger partial charge in [0.2, 0.25) is 21.7 Å². The number of hydrogen-bond donors (Lipinski definition) is 2. The van der Waals surface area contributed by atoms with Crippen LogP contribution in [0.1, 0.15) is 77.6 Å². The molecule has 0 aromatic carbocycles. The van der Waals surface area contributed by atoms with Gasteiger partial charge in [-0.1, -0.05) is 51.4 Å². The molecule has 0 saturated heterocycles. The van der Waals surface area contributed by atoms with E-state index in [1.165, 1.54) is 4.90 Å². The van der Waals surface area contributed by atoms with Gasteiger partial charge in [-0.25, -0.2) is 13.1 Å². The van der Waals surface area contributed by atoms with Crippen molar-refractivity contribution in [3.63, 3.8) is 0 Å². The van der Waals surface area contributed by atoms with E-state index >= 15 is 0 Å². The molecule has 8 nitrogen and oxygen atoms in total. The van der Waals surface area contributed by atoms with Crippen molar-refractivity contribution < 1.29 is 22.8 Å². The summed E-state index contributed by atoms with van der Waals surface area (Å²) in [5, 5.41) is 0. The predicted molar refractivity (Wildman–Crippen MR) is 110 cm³/mol. The van der Waals surface area contributed by atoms with Gasteiger partial charge in [0, 0.05) is 6.04 Å². The number of primary amides is 1. The summed E-state index contributed by atoms with van der Waals surface area (Å²) >= 11 is 0. The average molecular weight is 430 g/mol. The van der Waals surface area contributed by atoms with E-state index in [0.29, 0.717) is 6.42 Å². The van der Waals surface area contributed by atoms with Gasteiger partial charge in [-0.3, -0.25) is 14.4 Å². The Morgan fingerprint density at radius 1 is 1.00 bits per heavy atom. The zero-order valence-corrected chi connectivity index (χ0v) is 18.4. The van der Waals surface area contributed by atoms with E-state index in [9.17, 15) is 22.8 Å². The van der Waals surface area contributed by atoms with Crippen LogP contribution in [0, 0.1) is 5.92 Å². The third kappa shape index (κ3) is 6.50. The van der Waals surface area contributed by atoms with Crippen LogP contribution < -0.4 is 10.5 Å². The monoisotopic (exact) mass is 429 g/mol. The molecule has 2 saturated carbocycles. The lowest BCUT2D eigenvalue weighted by molar-refractivity contribution is -0.154. The molecule has 3 N–H and O–H groups in total. The topological polar surface area (TPSA) is 127 Å². The number of amides is 2.